The standard InChI is InChI=1S/C12H10BrNO2/c1-2-11(15)14-7-9-6-10(13)5-8-3-4-16-12(8)9/h1,5-6H,3-4,7H2,(H,14,15). The Morgan fingerprint density at radius 3 is 3.19 bits per heavy atom. The summed E-state index contributed by atoms with van der Waals surface area (Å²) in [4.78, 5) is 11.0. The molecule has 0 bridgehead atoms. The first-order valence-electron chi connectivity index (χ1n) is 4.89. The van der Waals surface area contributed by atoms with Crippen molar-refractivity contribution in [3.8, 4) is 18.1 Å². The lowest BCUT2D eigenvalue weighted by molar-refractivity contribution is -0.115. The predicted octanol–water partition coefficient (Wildman–Crippen LogP) is 1.63. The number of hydrogen-bond acceptors (Lipinski definition) is 2. The van der Waals surface area contributed by atoms with Crippen LogP contribution in [0.15, 0.2) is 16.6 Å². The van der Waals surface area contributed by atoms with Crippen molar-refractivity contribution < 1.29 is 9.53 Å². The third-order valence-electron chi connectivity index (χ3n) is 2.40. The molecule has 1 aliphatic rings. The summed E-state index contributed by atoms with van der Waals surface area (Å²) in [6, 6.07) is 3.97. The van der Waals surface area contributed by atoms with Crippen molar-refractivity contribution in [2.75, 3.05) is 6.61 Å². The Bertz CT molecular complexity index is 477. The van der Waals surface area contributed by atoms with Gasteiger partial charge in [-0.25, -0.2) is 0 Å². The summed E-state index contributed by atoms with van der Waals surface area (Å²) in [6.45, 7) is 1.09. The maximum Gasteiger partial charge on any atom is 0.295 e. The number of amides is 1. The number of fused-ring (bicyclic) bond motifs is 1. The van der Waals surface area contributed by atoms with E-state index >= 15 is 0 Å². The van der Waals surface area contributed by atoms with Crippen LogP contribution in [0.3, 0.4) is 0 Å². The predicted molar refractivity (Wildman–Crippen MR) is 64.0 cm³/mol. The number of hydrogen-bond donors (Lipinski definition) is 1. The van der Waals surface area contributed by atoms with Crippen molar-refractivity contribution in [1.82, 2.24) is 5.32 Å². The van der Waals surface area contributed by atoms with E-state index in [0.717, 1.165) is 22.2 Å². The fourth-order valence-electron chi connectivity index (χ4n) is 1.70. The van der Waals surface area contributed by atoms with Gasteiger partial charge < -0.3 is 10.1 Å². The third-order valence-corrected chi connectivity index (χ3v) is 2.85. The first-order valence-corrected chi connectivity index (χ1v) is 5.68. The number of terminal acetylenes is 1. The van der Waals surface area contributed by atoms with Crippen molar-refractivity contribution in [2.24, 2.45) is 0 Å². The molecule has 82 valence electrons. The molecule has 1 aliphatic heterocycles. The Kier molecular flexibility index (Phi) is 3.16. The van der Waals surface area contributed by atoms with Crippen LogP contribution in [0.4, 0.5) is 0 Å². The zero-order valence-electron chi connectivity index (χ0n) is 8.55. The molecule has 1 N–H and O–H groups in total. The van der Waals surface area contributed by atoms with Crippen LogP contribution in [-0.4, -0.2) is 12.5 Å². The lowest BCUT2D eigenvalue weighted by Gasteiger charge is -2.08. The van der Waals surface area contributed by atoms with Crippen molar-refractivity contribution in [3.63, 3.8) is 0 Å². The minimum absolute atomic E-state index is 0.394. The van der Waals surface area contributed by atoms with Gasteiger partial charge in [0.25, 0.3) is 5.91 Å². The summed E-state index contributed by atoms with van der Waals surface area (Å²) >= 11 is 3.43. The second-order valence-electron chi connectivity index (χ2n) is 3.48. The van der Waals surface area contributed by atoms with Gasteiger partial charge in [-0.05, 0) is 23.6 Å². The van der Waals surface area contributed by atoms with E-state index in [1.54, 1.807) is 0 Å². The van der Waals surface area contributed by atoms with Crippen molar-refractivity contribution in [3.05, 3.63) is 27.7 Å². The highest BCUT2D eigenvalue weighted by molar-refractivity contribution is 9.10. The zero-order valence-corrected chi connectivity index (χ0v) is 10.1. The molecule has 16 heavy (non-hydrogen) atoms. The topological polar surface area (TPSA) is 38.3 Å². The maximum absolute atomic E-state index is 11.0. The number of halogens is 1. The molecule has 1 aromatic carbocycles. The number of carbonyl (C=O) groups is 1. The summed E-state index contributed by atoms with van der Waals surface area (Å²) in [6.07, 6.45) is 5.88. The van der Waals surface area contributed by atoms with Crippen molar-refractivity contribution in [1.29, 1.82) is 0 Å². The van der Waals surface area contributed by atoms with Crippen LogP contribution in [0.25, 0.3) is 0 Å². The van der Waals surface area contributed by atoms with Crippen LogP contribution in [-0.2, 0) is 17.8 Å². The molecule has 0 unspecified atom stereocenters. The number of benzene rings is 1. The molecular weight excluding hydrogens is 270 g/mol. The molecule has 0 aliphatic carbocycles. The van der Waals surface area contributed by atoms with Crippen LogP contribution < -0.4 is 10.1 Å². The summed E-state index contributed by atoms with van der Waals surface area (Å²) < 4.78 is 6.51. The number of rotatable bonds is 2. The second-order valence-corrected chi connectivity index (χ2v) is 4.39. The van der Waals surface area contributed by atoms with E-state index in [0.29, 0.717) is 13.2 Å². The molecule has 1 amide bonds. The third kappa shape index (κ3) is 2.20. The lowest BCUT2D eigenvalue weighted by Crippen LogP contribution is -2.20. The SMILES string of the molecule is C#CC(=O)NCc1cc(Br)cc2c1OCC2. The van der Waals surface area contributed by atoms with Gasteiger partial charge >= 0.3 is 0 Å². The normalized spacial score (nSPS) is 12.5. The highest BCUT2D eigenvalue weighted by Crippen LogP contribution is 2.32. The number of carbonyl (C=O) groups excluding carboxylic acids is 1. The maximum atomic E-state index is 11.0. The highest BCUT2D eigenvalue weighted by Gasteiger charge is 2.17. The Hall–Kier alpha value is -1.47. The Labute approximate surface area is 102 Å². The van der Waals surface area contributed by atoms with E-state index in [4.69, 9.17) is 11.2 Å². The Morgan fingerprint density at radius 1 is 1.62 bits per heavy atom. The molecule has 1 aromatic rings. The van der Waals surface area contributed by atoms with Gasteiger partial charge in [0.15, 0.2) is 0 Å². The van der Waals surface area contributed by atoms with E-state index in [9.17, 15) is 4.79 Å². The fraction of sp³-hybridized carbons (Fsp3) is 0.250. The monoisotopic (exact) mass is 279 g/mol. The van der Waals surface area contributed by atoms with Gasteiger partial charge in [0.2, 0.25) is 0 Å². The van der Waals surface area contributed by atoms with Crippen LogP contribution >= 0.6 is 15.9 Å². The van der Waals surface area contributed by atoms with E-state index in [2.05, 4.69) is 21.2 Å². The van der Waals surface area contributed by atoms with E-state index < -0.39 is 5.91 Å². The molecule has 0 fully saturated rings. The smallest absolute Gasteiger partial charge is 0.295 e. The molecule has 2 rings (SSSR count). The average molecular weight is 280 g/mol. The van der Waals surface area contributed by atoms with Gasteiger partial charge in [0.05, 0.1) is 6.61 Å². The quantitative estimate of drug-likeness (QED) is 0.836. The summed E-state index contributed by atoms with van der Waals surface area (Å²) in [5.41, 5.74) is 2.12. The van der Waals surface area contributed by atoms with Gasteiger partial charge in [-0.15, -0.1) is 6.42 Å². The highest BCUT2D eigenvalue weighted by atomic mass is 79.9. The van der Waals surface area contributed by atoms with E-state index in [1.165, 1.54) is 5.56 Å². The molecular formula is C12H10BrNO2. The summed E-state index contributed by atoms with van der Waals surface area (Å²) in [7, 11) is 0. The fourth-order valence-corrected chi connectivity index (χ4v) is 2.26. The first-order chi connectivity index (χ1) is 7.70. The zero-order chi connectivity index (χ0) is 11.5. The van der Waals surface area contributed by atoms with E-state index in [1.807, 2.05) is 18.1 Å². The second kappa shape index (κ2) is 4.58. The Morgan fingerprint density at radius 2 is 2.44 bits per heavy atom. The van der Waals surface area contributed by atoms with Gasteiger partial charge in [0.1, 0.15) is 5.75 Å². The van der Waals surface area contributed by atoms with Crippen LogP contribution in [0.1, 0.15) is 11.1 Å². The molecule has 0 radical (unpaired) electrons. The number of ether oxygens (including phenoxy) is 1. The van der Waals surface area contributed by atoms with Gasteiger partial charge in [0, 0.05) is 23.0 Å². The molecule has 4 heteroatoms. The number of nitrogens with one attached hydrogen (secondary N) is 1. The molecule has 3 nitrogen and oxygen atoms in total. The largest absolute Gasteiger partial charge is 0.493 e. The summed E-state index contributed by atoms with van der Waals surface area (Å²) in [5.74, 6) is 2.48. The Balaban J connectivity index is 2.21. The van der Waals surface area contributed by atoms with E-state index in [-0.39, 0.29) is 0 Å². The van der Waals surface area contributed by atoms with Crippen molar-refractivity contribution in [2.45, 2.75) is 13.0 Å². The average Bonchev–Trinajstić information content (AvgIpc) is 2.73. The van der Waals surface area contributed by atoms with Gasteiger partial charge in [-0.3, -0.25) is 4.79 Å². The van der Waals surface area contributed by atoms with Crippen LogP contribution in [0.2, 0.25) is 0 Å². The van der Waals surface area contributed by atoms with Crippen molar-refractivity contribution >= 4 is 21.8 Å². The van der Waals surface area contributed by atoms with Crippen LogP contribution in [0.5, 0.6) is 5.75 Å². The minimum atomic E-state index is -0.410. The molecule has 1 heterocycles. The molecule has 0 atom stereocenters. The summed E-state index contributed by atoms with van der Waals surface area (Å²) in [5, 5.41) is 2.63. The van der Waals surface area contributed by atoms with Gasteiger partial charge in [-0.1, -0.05) is 15.9 Å². The minimum Gasteiger partial charge on any atom is -0.493 e. The van der Waals surface area contributed by atoms with Gasteiger partial charge in [-0.2, -0.15) is 0 Å². The molecule has 0 aromatic heterocycles. The lowest BCUT2D eigenvalue weighted by atomic mass is 10.1. The first kappa shape index (κ1) is 11.0. The molecule has 0 saturated carbocycles. The molecule has 0 spiro atoms. The van der Waals surface area contributed by atoms with Crippen LogP contribution in [0, 0.1) is 12.3 Å². The molecule has 0 saturated heterocycles.